The molecule has 0 spiro atoms. The van der Waals surface area contributed by atoms with Crippen molar-refractivity contribution in [1.29, 1.82) is 0 Å². The SMILES string of the molecule is CCOc1cccc(C2C(C(=O)Nc3ccccc3OC)=C(C)NC3=C2C(=O)CC(c2ccc(OC)c(OC)c2)C3)c1. The lowest BCUT2D eigenvalue weighted by Gasteiger charge is -2.37. The van der Waals surface area contributed by atoms with Crippen LogP contribution in [0.5, 0.6) is 23.0 Å². The lowest BCUT2D eigenvalue weighted by molar-refractivity contribution is -0.116. The number of anilines is 1. The van der Waals surface area contributed by atoms with Crippen molar-refractivity contribution in [3.8, 4) is 23.0 Å². The lowest BCUT2D eigenvalue weighted by Crippen LogP contribution is -2.37. The van der Waals surface area contributed by atoms with E-state index in [2.05, 4.69) is 10.6 Å². The van der Waals surface area contributed by atoms with Gasteiger partial charge in [0, 0.05) is 34.9 Å². The molecule has 3 aromatic carbocycles. The minimum atomic E-state index is -0.574. The summed E-state index contributed by atoms with van der Waals surface area (Å²) >= 11 is 0. The van der Waals surface area contributed by atoms with Crippen molar-refractivity contribution in [2.45, 2.75) is 38.5 Å². The first kappa shape index (κ1) is 28.8. The number of benzene rings is 3. The van der Waals surface area contributed by atoms with Crippen LogP contribution in [-0.4, -0.2) is 39.6 Å². The predicted octanol–water partition coefficient (Wildman–Crippen LogP) is 6.11. The van der Waals surface area contributed by atoms with Crippen molar-refractivity contribution >= 4 is 17.4 Å². The quantitative estimate of drug-likeness (QED) is 0.322. The average molecular weight is 569 g/mol. The molecule has 0 bridgehead atoms. The topological polar surface area (TPSA) is 95.1 Å². The van der Waals surface area contributed by atoms with E-state index in [1.165, 1.54) is 0 Å². The summed E-state index contributed by atoms with van der Waals surface area (Å²) in [6, 6.07) is 20.7. The van der Waals surface area contributed by atoms with Gasteiger partial charge < -0.3 is 29.6 Å². The van der Waals surface area contributed by atoms with Crippen molar-refractivity contribution in [2.75, 3.05) is 33.3 Å². The number of hydrogen-bond donors (Lipinski definition) is 2. The van der Waals surface area contributed by atoms with Crippen LogP contribution in [0.25, 0.3) is 0 Å². The number of nitrogens with one attached hydrogen (secondary N) is 2. The second-order valence-electron chi connectivity index (χ2n) is 10.3. The highest BCUT2D eigenvalue weighted by atomic mass is 16.5. The number of methoxy groups -OCH3 is 3. The van der Waals surface area contributed by atoms with Crippen molar-refractivity contribution in [2.24, 2.45) is 0 Å². The summed E-state index contributed by atoms with van der Waals surface area (Å²) in [5.74, 6) is 1.54. The summed E-state index contributed by atoms with van der Waals surface area (Å²) < 4.78 is 22.2. The van der Waals surface area contributed by atoms with Crippen LogP contribution >= 0.6 is 0 Å². The molecular weight excluding hydrogens is 532 g/mol. The van der Waals surface area contributed by atoms with Crippen LogP contribution in [0.2, 0.25) is 0 Å². The zero-order chi connectivity index (χ0) is 29.8. The number of para-hydroxylation sites is 2. The van der Waals surface area contributed by atoms with E-state index >= 15 is 0 Å². The number of carbonyl (C=O) groups is 2. The summed E-state index contributed by atoms with van der Waals surface area (Å²) in [4.78, 5) is 28.0. The number of ketones is 1. The van der Waals surface area contributed by atoms with Crippen LogP contribution in [0, 0.1) is 0 Å². The molecule has 2 N–H and O–H groups in total. The Bertz CT molecular complexity index is 1570. The second kappa shape index (κ2) is 12.4. The number of rotatable bonds is 9. The maximum atomic E-state index is 14.1. The smallest absolute Gasteiger partial charge is 0.254 e. The Kier molecular flexibility index (Phi) is 8.52. The second-order valence-corrected chi connectivity index (χ2v) is 10.3. The minimum absolute atomic E-state index is 0.00885. The minimum Gasteiger partial charge on any atom is -0.495 e. The molecule has 0 saturated heterocycles. The molecule has 0 aromatic heterocycles. The van der Waals surface area contributed by atoms with Gasteiger partial charge in [-0.2, -0.15) is 0 Å². The van der Waals surface area contributed by atoms with Gasteiger partial charge in [-0.3, -0.25) is 9.59 Å². The highest BCUT2D eigenvalue weighted by Crippen LogP contribution is 2.47. The first-order chi connectivity index (χ1) is 20.4. The molecule has 42 heavy (non-hydrogen) atoms. The van der Waals surface area contributed by atoms with Crippen molar-refractivity contribution in [3.63, 3.8) is 0 Å². The third kappa shape index (κ3) is 5.57. The Morgan fingerprint density at radius 2 is 1.64 bits per heavy atom. The van der Waals surface area contributed by atoms with Crippen LogP contribution < -0.4 is 29.6 Å². The van der Waals surface area contributed by atoms with Gasteiger partial charge in [-0.25, -0.2) is 0 Å². The van der Waals surface area contributed by atoms with Crippen LogP contribution in [0.4, 0.5) is 5.69 Å². The Balaban J connectivity index is 1.57. The van der Waals surface area contributed by atoms with Gasteiger partial charge >= 0.3 is 0 Å². The van der Waals surface area contributed by atoms with Gasteiger partial charge in [-0.15, -0.1) is 0 Å². The molecule has 218 valence electrons. The van der Waals surface area contributed by atoms with E-state index in [0.717, 1.165) is 16.8 Å². The summed E-state index contributed by atoms with van der Waals surface area (Å²) in [7, 11) is 4.76. The zero-order valence-corrected chi connectivity index (χ0v) is 24.6. The molecule has 0 radical (unpaired) electrons. The number of allylic oxidation sites excluding steroid dienone is 3. The van der Waals surface area contributed by atoms with Gasteiger partial charge in [-0.05, 0) is 73.7 Å². The molecule has 1 aliphatic carbocycles. The number of dihydropyridines is 1. The summed E-state index contributed by atoms with van der Waals surface area (Å²) in [6.07, 6.45) is 0.912. The Morgan fingerprint density at radius 1 is 0.881 bits per heavy atom. The predicted molar refractivity (Wildman–Crippen MR) is 161 cm³/mol. The Hall–Kier alpha value is -4.72. The highest BCUT2D eigenvalue weighted by Gasteiger charge is 2.41. The molecule has 0 fully saturated rings. The summed E-state index contributed by atoms with van der Waals surface area (Å²) in [5.41, 5.74) is 4.96. The van der Waals surface area contributed by atoms with Crippen LogP contribution in [0.15, 0.2) is 89.3 Å². The number of ether oxygens (including phenoxy) is 4. The van der Waals surface area contributed by atoms with Crippen LogP contribution in [0.1, 0.15) is 49.7 Å². The molecule has 2 atom stereocenters. The Labute approximate surface area is 246 Å². The molecule has 3 aromatic rings. The van der Waals surface area contributed by atoms with Gasteiger partial charge in [-0.1, -0.05) is 30.3 Å². The maximum absolute atomic E-state index is 14.1. The zero-order valence-electron chi connectivity index (χ0n) is 24.6. The average Bonchev–Trinajstić information content (AvgIpc) is 3.00. The molecule has 1 heterocycles. The van der Waals surface area contributed by atoms with E-state index in [9.17, 15) is 9.59 Å². The van der Waals surface area contributed by atoms with Gasteiger partial charge in [0.15, 0.2) is 17.3 Å². The third-order valence-corrected chi connectivity index (χ3v) is 7.81. The fraction of sp³-hybridized carbons (Fsp3) is 0.294. The molecule has 2 aliphatic rings. The van der Waals surface area contributed by atoms with E-state index in [0.29, 0.717) is 65.0 Å². The van der Waals surface area contributed by atoms with Gasteiger partial charge in [0.2, 0.25) is 0 Å². The number of hydrogen-bond acceptors (Lipinski definition) is 7. The number of amides is 1. The van der Waals surface area contributed by atoms with Crippen molar-refractivity contribution < 1.29 is 28.5 Å². The molecule has 0 saturated carbocycles. The van der Waals surface area contributed by atoms with E-state index in [1.807, 2.05) is 68.4 Å². The molecule has 5 rings (SSSR count). The van der Waals surface area contributed by atoms with Gasteiger partial charge in [0.05, 0.1) is 33.6 Å². The van der Waals surface area contributed by atoms with E-state index < -0.39 is 5.92 Å². The fourth-order valence-electron chi connectivity index (χ4n) is 5.90. The monoisotopic (exact) mass is 568 g/mol. The fourth-order valence-corrected chi connectivity index (χ4v) is 5.90. The standard InChI is InChI=1S/C34H36N2O6/c1-6-42-24-11-9-10-22(16-24)32-31(34(38)36-25-12-7-8-13-28(25)39-3)20(2)35-26-17-23(18-27(37)33(26)32)21-14-15-29(40-4)30(19-21)41-5/h7-16,19,23,32,35H,6,17-18H2,1-5H3,(H,36,38). The van der Waals surface area contributed by atoms with Crippen molar-refractivity contribution in [1.82, 2.24) is 5.32 Å². The molecule has 8 heteroatoms. The molecule has 1 aliphatic heterocycles. The summed E-state index contributed by atoms with van der Waals surface area (Å²) in [6.45, 7) is 4.31. The summed E-state index contributed by atoms with van der Waals surface area (Å²) in [5, 5.41) is 6.46. The highest BCUT2D eigenvalue weighted by molar-refractivity contribution is 6.10. The largest absolute Gasteiger partial charge is 0.495 e. The number of carbonyl (C=O) groups excluding carboxylic acids is 2. The lowest BCUT2D eigenvalue weighted by atomic mass is 9.71. The molecule has 8 nitrogen and oxygen atoms in total. The van der Waals surface area contributed by atoms with E-state index in [1.54, 1.807) is 33.5 Å². The third-order valence-electron chi connectivity index (χ3n) is 7.81. The maximum Gasteiger partial charge on any atom is 0.254 e. The first-order valence-corrected chi connectivity index (χ1v) is 14.0. The molecular formula is C34H36N2O6. The Morgan fingerprint density at radius 3 is 2.38 bits per heavy atom. The molecule has 2 unspecified atom stereocenters. The first-order valence-electron chi connectivity index (χ1n) is 14.0. The number of Topliss-reactive ketones (excluding diaryl/α,β-unsaturated/α-hetero) is 1. The van der Waals surface area contributed by atoms with Crippen LogP contribution in [-0.2, 0) is 9.59 Å². The van der Waals surface area contributed by atoms with E-state index in [-0.39, 0.29) is 17.6 Å². The van der Waals surface area contributed by atoms with E-state index in [4.69, 9.17) is 18.9 Å². The van der Waals surface area contributed by atoms with Crippen molar-refractivity contribution in [3.05, 3.63) is 100 Å². The van der Waals surface area contributed by atoms with Gasteiger partial charge in [0.25, 0.3) is 5.91 Å². The molecule has 1 amide bonds. The van der Waals surface area contributed by atoms with Crippen LogP contribution in [0.3, 0.4) is 0 Å². The normalized spacial score (nSPS) is 18.2. The van der Waals surface area contributed by atoms with Gasteiger partial charge in [0.1, 0.15) is 11.5 Å².